The van der Waals surface area contributed by atoms with Crippen LogP contribution in [0.15, 0.2) is 18.2 Å². The Hall–Kier alpha value is -3.10. The number of carboxylic acid groups (broad SMARTS) is 1. The van der Waals surface area contributed by atoms with Crippen LogP contribution < -0.4 is 10.1 Å². The molecule has 144 valence electrons. The first-order valence-electron chi connectivity index (χ1n) is 8.71. The summed E-state index contributed by atoms with van der Waals surface area (Å²) in [4.78, 5) is 50.2. The van der Waals surface area contributed by atoms with Crippen molar-refractivity contribution >= 4 is 29.5 Å². The van der Waals surface area contributed by atoms with Crippen molar-refractivity contribution in [1.29, 1.82) is 0 Å². The largest absolute Gasteiger partial charge is 0.495 e. The maximum Gasteiger partial charge on any atom is 0.327 e. The maximum atomic E-state index is 12.4. The van der Waals surface area contributed by atoms with E-state index >= 15 is 0 Å². The van der Waals surface area contributed by atoms with Gasteiger partial charge in [0.15, 0.2) is 0 Å². The van der Waals surface area contributed by atoms with E-state index in [0.29, 0.717) is 30.0 Å². The summed E-state index contributed by atoms with van der Waals surface area (Å²) >= 11 is 0. The van der Waals surface area contributed by atoms with Crippen LogP contribution in [0.3, 0.4) is 0 Å². The standard InChI is InChI=1S/C18H21N3O6/c1-27-14-5-4-11(9-12(14)19-15(22)6-7-16(23)24)10-21-17(25)13-3-2-8-20(13)18(21)26/h4-5,9,13H,2-3,6-8,10H2,1H3,(H,19,22)(H,23,24). The molecule has 27 heavy (non-hydrogen) atoms. The topological polar surface area (TPSA) is 116 Å². The number of benzene rings is 1. The Balaban J connectivity index is 1.73. The molecule has 1 aromatic rings. The summed E-state index contributed by atoms with van der Waals surface area (Å²) in [5, 5.41) is 11.3. The van der Waals surface area contributed by atoms with Gasteiger partial charge in [0.05, 0.1) is 25.8 Å². The Bertz CT molecular complexity index is 771. The fourth-order valence-corrected chi connectivity index (χ4v) is 3.39. The van der Waals surface area contributed by atoms with Crippen molar-refractivity contribution in [3.63, 3.8) is 0 Å². The molecule has 2 heterocycles. The van der Waals surface area contributed by atoms with Crippen LogP contribution in [-0.2, 0) is 20.9 Å². The minimum Gasteiger partial charge on any atom is -0.495 e. The SMILES string of the molecule is COc1ccc(CN2C(=O)C3CCCN3C2=O)cc1NC(=O)CCC(=O)O. The first-order valence-corrected chi connectivity index (χ1v) is 8.71. The first-order chi connectivity index (χ1) is 12.9. The molecule has 4 amide bonds. The summed E-state index contributed by atoms with van der Waals surface area (Å²) in [6, 6.07) is 4.34. The molecule has 1 atom stereocenters. The van der Waals surface area contributed by atoms with Crippen molar-refractivity contribution in [2.24, 2.45) is 0 Å². The molecule has 2 aliphatic rings. The molecular formula is C18H21N3O6. The highest BCUT2D eigenvalue weighted by Crippen LogP contribution is 2.30. The van der Waals surface area contributed by atoms with Gasteiger partial charge in [0.2, 0.25) is 5.91 Å². The van der Waals surface area contributed by atoms with Crippen LogP contribution in [0.1, 0.15) is 31.2 Å². The zero-order valence-electron chi connectivity index (χ0n) is 14.9. The van der Waals surface area contributed by atoms with E-state index in [1.165, 1.54) is 12.0 Å². The molecule has 3 rings (SSSR count). The number of nitrogens with zero attached hydrogens (tertiary/aromatic N) is 2. The van der Waals surface area contributed by atoms with Gasteiger partial charge in [0.25, 0.3) is 5.91 Å². The molecule has 1 unspecified atom stereocenters. The average molecular weight is 375 g/mol. The number of aliphatic carboxylic acids is 1. The predicted molar refractivity (Wildman–Crippen MR) is 94.2 cm³/mol. The highest BCUT2D eigenvalue weighted by atomic mass is 16.5. The summed E-state index contributed by atoms with van der Waals surface area (Å²) in [7, 11) is 1.45. The lowest BCUT2D eigenvalue weighted by atomic mass is 10.1. The van der Waals surface area contributed by atoms with Gasteiger partial charge in [-0.25, -0.2) is 4.79 Å². The molecule has 0 spiro atoms. The number of carbonyl (C=O) groups is 4. The van der Waals surface area contributed by atoms with E-state index in [-0.39, 0.29) is 37.4 Å². The van der Waals surface area contributed by atoms with Crippen LogP contribution in [0.4, 0.5) is 10.5 Å². The third-order valence-electron chi connectivity index (χ3n) is 4.73. The van der Waals surface area contributed by atoms with Gasteiger partial charge in [-0.15, -0.1) is 0 Å². The molecule has 2 fully saturated rings. The summed E-state index contributed by atoms with van der Waals surface area (Å²) in [5.74, 6) is -1.30. The summed E-state index contributed by atoms with van der Waals surface area (Å²) in [6.45, 7) is 0.700. The zero-order valence-corrected chi connectivity index (χ0v) is 14.9. The van der Waals surface area contributed by atoms with E-state index in [4.69, 9.17) is 9.84 Å². The Morgan fingerprint density at radius 3 is 2.74 bits per heavy atom. The number of nitrogens with one attached hydrogen (secondary N) is 1. The molecule has 0 aromatic heterocycles. The molecule has 1 aromatic carbocycles. The van der Waals surface area contributed by atoms with Crippen LogP contribution >= 0.6 is 0 Å². The predicted octanol–water partition coefficient (Wildman–Crippen LogP) is 1.43. The number of fused-ring (bicyclic) bond motifs is 1. The third-order valence-corrected chi connectivity index (χ3v) is 4.73. The van der Waals surface area contributed by atoms with Gasteiger partial charge in [-0.1, -0.05) is 6.07 Å². The van der Waals surface area contributed by atoms with Crippen molar-refractivity contribution in [2.45, 2.75) is 38.3 Å². The maximum absolute atomic E-state index is 12.4. The van der Waals surface area contributed by atoms with E-state index < -0.39 is 11.9 Å². The lowest BCUT2D eigenvalue weighted by molar-refractivity contribution is -0.138. The van der Waals surface area contributed by atoms with Crippen LogP contribution in [0.5, 0.6) is 5.75 Å². The van der Waals surface area contributed by atoms with Gasteiger partial charge in [-0.05, 0) is 30.5 Å². The fraction of sp³-hybridized carbons (Fsp3) is 0.444. The Labute approximate surface area is 155 Å². The second kappa shape index (κ2) is 7.65. The highest BCUT2D eigenvalue weighted by Gasteiger charge is 2.47. The average Bonchev–Trinajstić information content (AvgIpc) is 3.20. The van der Waals surface area contributed by atoms with Crippen molar-refractivity contribution in [2.75, 3.05) is 19.0 Å². The van der Waals surface area contributed by atoms with Crippen LogP contribution in [0, 0.1) is 0 Å². The molecule has 0 aliphatic carbocycles. The molecule has 2 saturated heterocycles. The van der Waals surface area contributed by atoms with Crippen molar-refractivity contribution in [3.05, 3.63) is 23.8 Å². The number of rotatable bonds is 7. The molecule has 9 nitrogen and oxygen atoms in total. The molecule has 9 heteroatoms. The number of hydrogen-bond acceptors (Lipinski definition) is 5. The minimum atomic E-state index is -1.06. The number of methoxy groups -OCH3 is 1. The van der Waals surface area contributed by atoms with Crippen LogP contribution in [-0.4, -0.2) is 58.4 Å². The lowest BCUT2D eigenvalue weighted by Crippen LogP contribution is -2.32. The van der Waals surface area contributed by atoms with Gasteiger partial charge < -0.3 is 20.1 Å². The number of hydrogen-bond donors (Lipinski definition) is 2. The molecular weight excluding hydrogens is 354 g/mol. The van der Waals surface area contributed by atoms with E-state index in [1.807, 2.05) is 0 Å². The number of imide groups is 1. The lowest BCUT2D eigenvalue weighted by Gasteiger charge is -2.17. The van der Waals surface area contributed by atoms with E-state index in [9.17, 15) is 19.2 Å². The van der Waals surface area contributed by atoms with E-state index in [1.54, 1.807) is 23.1 Å². The first kappa shape index (κ1) is 18.7. The van der Waals surface area contributed by atoms with Crippen molar-refractivity contribution < 1.29 is 29.0 Å². The fourth-order valence-electron chi connectivity index (χ4n) is 3.39. The highest BCUT2D eigenvalue weighted by molar-refractivity contribution is 6.04. The van der Waals surface area contributed by atoms with Gasteiger partial charge in [-0.3, -0.25) is 19.3 Å². The summed E-state index contributed by atoms with van der Waals surface area (Å²) in [5.41, 5.74) is 1.03. The second-order valence-corrected chi connectivity index (χ2v) is 6.53. The Kier molecular flexibility index (Phi) is 5.29. The molecule has 2 N–H and O–H groups in total. The molecule has 0 bridgehead atoms. The normalized spacial score (nSPS) is 18.6. The number of carbonyl (C=O) groups excluding carboxylic acids is 3. The molecule has 0 radical (unpaired) electrons. The number of ether oxygens (including phenoxy) is 1. The Morgan fingerprint density at radius 1 is 1.30 bits per heavy atom. The van der Waals surface area contributed by atoms with Gasteiger partial charge in [0, 0.05) is 13.0 Å². The van der Waals surface area contributed by atoms with Gasteiger partial charge in [0.1, 0.15) is 11.8 Å². The summed E-state index contributed by atoms with van der Waals surface area (Å²) in [6.07, 6.45) is 1.09. The monoisotopic (exact) mass is 375 g/mol. The molecule has 0 saturated carbocycles. The smallest absolute Gasteiger partial charge is 0.327 e. The van der Waals surface area contributed by atoms with Crippen LogP contribution in [0.2, 0.25) is 0 Å². The van der Waals surface area contributed by atoms with Gasteiger partial charge in [-0.2, -0.15) is 0 Å². The third kappa shape index (κ3) is 3.86. The summed E-state index contributed by atoms with van der Waals surface area (Å²) < 4.78 is 5.21. The Morgan fingerprint density at radius 2 is 2.07 bits per heavy atom. The zero-order chi connectivity index (χ0) is 19.6. The molecule has 2 aliphatic heterocycles. The van der Waals surface area contributed by atoms with Crippen molar-refractivity contribution in [3.8, 4) is 5.75 Å². The quantitative estimate of drug-likeness (QED) is 0.697. The second-order valence-electron chi connectivity index (χ2n) is 6.53. The number of anilines is 1. The van der Waals surface area contributed by atoms with Crippen LogP contribution in [0.25, 0.3) is 0 Å². The van der Waals surface area contributed by atoms with E-state index in [0.717, 1.165) is 6.42 Å². The minimum absolute atomic E-state index is 0.104. The number of carboxylic acids is 1. The van der Waals surface area contributed by atoms with Crippen molar-refractivity contribution in [1.82, 2.24) is 9.80 Å². The van der Waals surface area contributed by atoms with Gasteiger partial charge >= 0.3 is 12.0 Å². The van der Waals surface area contributed by atoms with E-state index in [2.05, 4.69) is 5.32 Å². The number of amides is 4. The number of urea groups is 1.